The molecule has 0 aliphatic heterocycles. The highest BCUT2D eigenvalue weighted by atomic mass is 35.5. The molecule has 6 heteroatoms. The van der Waals surface area contributed by atoms with Gasteiger partial charge in [-0.05, 0) is 62.6 Å². The maximum Gasteiger partial charge on any atom is 0.149 e. The summed E-state index contributed by atoms with van der Waals surface area (Å²) in [7, 11) is 0. The molecule has 3 heterocycles. The first kappa shape index (κ1) is 19.4. The molecule has 0 unspecified atom stereocenters. The number of anilines is 2. The lowest BCUT2D eigenvalue weighted by atomic mass is 10.1. The van der Waals surface area contributed by atoms with Gasteiger partial charge in [-0.25, -0.2) is 9.97 Å². The Bertz CT molecular complexity index is 1180. The summed E-state index contributed by atoms with van der Waals surface area (Å²) in [4.78, 5) is 13.8. The molecule has 1 N–H and O–H groups in total. The largest absolute Gasteiger partial charge is 0.338 e. The van der Waals surface area contributed by atoms with Crippen molar-refractivity contribution < 1.29 is 0 Å². The number of hydrogen-bond donors (Lipinski definition) is 1. The molecule has 0 fully saturated rings. The van der Waals surface area contributed by atoms with Gasteiger partial charge in [-0.15, -0.1) is 0 Å². The Balaban J connectivity index is 1.76. The zero-order chi connectivity index (χ0) is 20.5. The van der Waals surface area contributed by atoms with E-state index in [1.165, 1.54) is 16.6 Å². The second-order valence-electron chi connectivity index (χ2n) is 7.33. The summed E-state index contributed by atoms with van der Waals surface area (Å²) in [6, 6.07) is 10.0. The van der Waals surface area contributed by atoms with E-state index >= 15 is 0 Å². The minimum Gasteiger partial charge on any atom is -0.338 e. The van der Waals surface area contributed by atoms with E-state index in [4.69, 9.17) is 16.6 Å². The highest BCUT2D eigenvalue weighted by Crippen LogP contribution is 2.32. The number of nitrogens with zero attached hydrogens (tertiary/aromatic N) is 4. The van der Waals surface area contributed by atoms with Crippen LogP contribution in [0.4, 0.5) is 11.5 Å². The molecule has 0 saturated carbocycles. The minimum atomic E-state index is 0.547. The summed E-state index contributed by atoms with van der Waals surface area (Å²) in [5.41, 5.74) is 7.44. The molecular weight excluding hydrogens is 382 g/mol. The van der Waals surface area contributed by atoms with Crippen LogP contribution in [-0.2, 0) is 6.54 Å². The molecule has 0 saturated heterocycles. The zero-order valence-electron chi connectivity index (χ0n) is 17.1. The van der Waals surface area contributed by atoms with Gasteiger partial charge in [0, 0.05) is 24.0 Å². The van der Waals surface area contributed by atoms with Gasteiger partial charge < -0.3 is 9.88 Å². The standard InChI is InChI=1S/C23H24ClN5/c1-5-10-29-21-16(4)14(2)6-9-20(21)28-23(29)17-11-19(24)22(26-12-17)27-18-8-7-15(3)25-13-18/h6-9,11-13H,5,10H2,1-4H3,(H,26,27). The number of imidazole rings is 1. The van der Waals surface area contributed by atoms with Crippen LogP contribution in [0, 0.1) is 20.8 Å². The van der Waals surface area contributed by atoms with E-state index < -0.39 is 0 Å². The van der Waals surface area contributed by atoms with Gasteiger partial charge >= 0.3 is 0 Å². The summed E-state index contributed by atoms with van der Waals surface area (Å²) in [6.07, 6.45) is 4.62. The lowest BCUT2D eigenvalue weighted by Crippen LogP contribution is -2.02. The van der Waals surface area contributed by atoms with Crippen LogP contribution in [0.2, 0.25) is 5.02 Å². The van der Waals surface area contributed by atoms with Crippen LogP contribution in [0.5, 0.6) is 0 Å². The van der Waals surface area contributed by atoms with E-state index in [9.17, 15) is 0 Å². The normalized spacial score (nSPS) is 11.2. The van der Waals surface area contributed by atoms with Crippen LogP contribution >= 0.6 is 11.6 Å². The Morgan fingerprint density at radius 2 is 1.86 bits per heavy atom. The first-order valence-corrected chi connectivity index (χ1v) is 10.2. The average molecular weight is 406 g/mol. The van der Waals surface area contributed by atoms with E-state index in [2.05, 4.69) is 52.8 Å². The highest BCUT2D eigenvalue weighted by Gasteiger charge is 2.16. The van der Waals surface area contributed by atoms with Crippen LogP contribution in [0.25, 0.3) is 22.4 Å². The molecular formula is C23H24ClN5. The molecule has 0 amide bonds. The number of pyridine rings is 2. The third-order valence-electron chi connectivity index (χ3n) is 5.15. The first-order chi connectivity index (χ1) is 14.0. The SMILES string of the molecule is CCCn1c(-c2cnc(Nc3ccc(C)nc3)c(Cl)c2)nc2ccc(C)c(C)c21. The van der Waals surface area contributed by atoms with Gasteiger partial charge in [-0.2, -0.15) is 0 Å². The van der Waals surface area contributed by atoms with E-state index in [1.54, 1.807) is 6.20 Å². The van der Waals surface area contributed by atoms with Crippen LogP contribution in [-0.4, -0.2) is 19.5 Å². The van der Waals surface area contributed by atoms with Crippen molar-refractivity contribution in [3.05, 3.63) is 64.6 Å². The summed E-state index contributed by atoms with van der Waals surface area (Å²) >= 11 is 6.56. The predicted molar refractivity (Wildman–Crippen MR) is 120 cm³/mol. The molecule has 4 rings (SSSR count). The summed E-state index contributed by atoms with van der Waals surface area (Å²) < 4.78 is 2.28. The molecule has 5 nitrogen and oxygen atoms in total. The van der Waals surface area contributed by atoms with E-state index in [-0.39, 0.29) is 0 Å². The van der Waals surface area contributed by atoms with Gasteiger partial charge in [0.05, 0.1) is 27.9 Å². The second-order valence-corrected chi connectivity index (χ2v) is 7.74. The maximum absolute atomic E-state index is 6.56. The summed E-state index contributed by atoms with van der Waals surface area (Å²) in [5, 5.41) is 3.78. The van der Waals surface area contributed by atoms with E-state index in [1.807, 2.05) is 31.3 Å². The molecule has 148 valence electrons. The topological polar surface area (TPSA) is 55.6 Å². The van der Waals surface area contributed by atoms with Crippen molar-refractivity contribution in [2.75, 3.05) is 5.32 Å². The van der Waals surface area contributed by atoms with Gasteiger partial charge in [0.2, 0.25) is 0 Å². The Labute approximate surface area is 175 Å². The van der Waals surface area contributed by atoms with Crippen molar-refractivity contribution in [2.45, 2.75) is 40.7 Å². The fourth-order valence-corrected chi connectivity index (χ4v) is 3.70. The number of fused-ring (bicyclic) bond motifs is 1. The van der Waals surface area contributed by atoms with Crippen molar-refractivity contribution >= 4 is 34.1 Å². The molecule has 4 aromatic rings. The maximum atomic E-state index is 6.56. The number of hydrogen-bond acceptors (Lipinski definition) is 4. The molecule has 0 aliphatic rings. The van der Waals surface area contributed by atoms with Crippen molar-refractivity contribution in [3.63, 3.8) is 0 Å². The monoisotopic (exact) mass is 405 g/mol. The van der Waals surface area contributed by atoms with Gasteiger partial charge in [-0.1, -0.05) is 24.6 Å². The Morgan fingerprint density at radius 1 is 1.03 bits per heavy atom. The number of aryl methyl sites for hydroxylation is 4. The Hall–Kier alpha value is -2.92. The number of benzene rings is 1. The molecule has 0 spiro atoms. The summed E-state index contributed by atoms with van der Waals surface area (Å²) in [5.74, 6) is 1.50. The molecule has 0 bridgehead atoms. The predicted octanol–water partition coefficient (Wildman–Crippen LogP) is 6.23. The summed E-state index contributed by atoms with van der Waals surface area (Å²) in [6.45, 7) is 9.31. The van der Waals surface area contributed by atoms with Crippen LogP contribution < -0.4 is 5.32 Å². The number of halogens is 1. The molecule has 1 aromatic carbocycles. The fraction of sp³-hybridized carbons (Fsp3) is 0.261. The molecule has 3 aromatic heterocycles. The quantitative estimate of drug-likeness (QED) is 0.427. The minimum absolute atomic E-state index is 0.547. The van der Waals surface area contributed by atoms with E-state index in [0.29, 0.717) is 10.8 Å². The number of nitrogens with one attached hydrogen (secondary N) is 1. The third kappa shape index (κ3) is 3.70. The molecule has 29 heavy (non-hydrogen) atoms. The highest BCUT2D eigenvalue weighted by molar-refractivity contribution is 6.33. The third-order valence-corrected chi connectivity index (χ3v) is 5.44. The lowest BCUT2D eigenvalue weighted by Gasteiger charge is -2.12. The van der Waals surface area contributed by atoms with Crippen molar-refractivity contribution in [1.82, 2.24) is 19.5 Å². The van der Waals surface area contributed by atoms with Crippen molar-refractivity contribution in [1.29, 1.82) is 0 Å². The first-order valence-electron chi connectivity index (χ1n) is 9.80. The molecule has 0 radical (unpaired) electrons. The van der Waals surface area contributed by atoms with Gasteiger partial charge in [0.1, 0.15) is 11.6 Å². The van der Waals surface area contributed by atoms with Gasteiger partial charge in [0.15, 0.2) is 0 Å². The second kappa shape index (κ2) is 7.84. The molecule has 0 aliphatic carbocycles. The Kier molecular flexibility index (Phi) is 5.24. The van der Waals surface area contributed by atoms with Crippen LogP contribution in [0.3, 0.4) is 0 Å². The fourth-order valence-electron chi connectivity index (χ4n) is 3.49. The van der Waals surface area contributed by atoms with Crippen LogP contribution in [0.1, 0.15) is 30.2 Å². The number of aromatic nitrogens is 4. The van der Waals surface area contributed by atoms with Crippen LogP contribution in [0.15, 0.2) is 42.7 Å². The smallest absolute Gasteiger partial charge is 0.149 e. The average Bonchev–Trinajstić information content (AvgIpc) is 3.07. The Morgan fingerprint density at radius 3 is 2.55 bits per heavy atom. The van der Waals surface area contributed by atoms with Crippen molar-refractivity contribution in [2.24, 2.45) is 0 Å². The zero-order valence-corrected chi connectivity index (χ0v) is 17.9. The van der Waals surface area contributed by atoms with Gasteiger partial charge in [-0.3, -0.25) is 4.98 Å². The number of rotatable bonds is 5. The lowest BCUT2D eigenvalue weighted by molar-refractivity contribution is 0.702. The van der Waals surface area contributed by atoms with Crippen molar-refractivity contribution in [3.8, 4) is 11.4 Å². The van der Waals surface area contributed by atoms with E-state index in [0.717, 1.165) is 41.3 Å². The molecule has 0 atom stereocenters. The van der Waals surface area contributed by atoms with Gasteiger partial charge in [0.25, 0.3) is 0 Å².